The second kappa shape index (κ2) is 10.8. The zero-order valence-electron chi connectivity index (χ0n) is 19.1. The standard InChI is InChI=1S/C25H31N3O4/c1-5-31-22-12-11-18(15-23(22)32-6-2)25(17(3)4)27-24(30)13-14-28-20-10-8-7-9-19(20)21(29)16-26-28/h7-12,15-17,25H,5-6,13-14H2,1-4H3,(H,27,30). The predicted octanol–water partition coefficient (Wildman–Crippen LogP) is 4.10. The molecule has 0 radical (unpaired) electrons. The van der Waals surface area contributed by atoms with Gasteiger partial charge in [0.15, 0.2) is 11.5 Å². The van der Waals surface area contributed by atoms with Gasteiger partial charge in [0.05, 0.1) is 37.5 Å². The van der Waals surface area contributed by atoms with Gasteiger partial charge in [0.1, 0.15) is 0 Å². The van der Waals surface area contributed by atoms with E-state index in [1.165, 1.54) is 6.20 Å². The van der Waals surface area contributed by atoms with Crippen molar-refractivity contribution in [1.82, 2.24) is 15.1 Å². The first kappa shape index (κ1) is 23.3. The highest BCUT2D eigenvalue weighted by atomic mass is 16.5. The van der Waals surface area contributed by atoms with E-state index in [4.69, 9.17) is 9.47 Å². The number of carbonyl (C=O) groups is 1. The maximum absolute atomic E-state index is 12.8. The molecule has 0 aliphatic carbocycles. The minimum Gasteiger partial charge on any atom is -0.490 e. The number of ether oxygens (including phenoxy) is 2. The predicted molar refractivity (Wildman–Crippen MR) is 125 cm³/mol. The molecular formula is C25H31N3O4. The normalized spacial score (nSPS) is 12.0. The molecule has 3 aromatic rings. The summed E-state index contributed by atoms with van der Waals surface area (Å²) in [4.78, 5) is 24.8. The molecule has 32 heavy (non-hydrogen) atoms. The van der Waals surface area contributed by atoms with Gasteiger partial charge >= 0.3 is 0 Å². The first-order valence-electron chi connectivity index (χ1n) is 11.1. The van der Waals surface area contributed by atoms with Gasteiger partial charge in [-0.25, -0.2) is 0 Å². The zero-order valence-corrected chi connectivity index (χ0v) is 19.1. The average molecular weight is 438 g/mol. The Morgan fingerprint density at radius 1 is 1.06 bits per heavy atom. The fraction of sp³-hybridized carbons (Fsp3) is 0.400. The van der Waals surface area contributed by atoms with Crippen LogP contribution in [0.3, 0.4) is 0 Å². The van der Waals surface area contributed by atoms with E-state index in [9.17, 15) is 9.59 Å². The number of benzene rings is 2. The Morgan fingerprint density at radius 2 is 1.78 bits per heavy atom. The van der Waals surface area contributed by atoms with Crippen molar-refractivity contribution in [2.45, 2.75) is 46.7 Å². The molecule has 1 unspecified atom stereocenters. The van der Waals surface area contributed by atoms with Crippen LogP contribution in [0.4, 0.5) is 0 Å². The summed E-state index contributed by atoms with van der Waals surface area (Å²) in [5.74, 6) is 1.47. The van der Waals surface area contributed by atoms with E-state index >= 15 is 0 Å². The van der Waals surface area contributed by atoms with Crippen molar-refractivity contribution >= 4 is 16.8 Å². The number of para-hydroxylation sites is 1. The Morgan fingerprint density at radius 3 is 2.50 bits per heavy atom. The number of nitrogens with zero attached hydrogens (tertiary/aromatic N) is 2. The number of carbonyl (C=O) groups excluding carboxylic acids is 1. The van der Waals surface area contributed by atoms with Crippen LogP contribution in [0.1, 0.15) is 45.7 Å². The highest BCUT2D eigenvalue weighted by molar-refractivity contribution is 5.79. The van der Waals surface area contributed by atoms with Crippen molar-refractivity contribution in [2.75, 3.05) is 13.2 Å². The van der Waals surface area contributed by atoms with Gasteiger partial charge in [-0.2, -0.15) is 5.10 Å². The quantitative estimate of drug-likeness (QED) is 0.516. The molecule has 1 heterocycles. The van der Waals surface area contributed by atoms with Crippen LogP contribution in [-0.4, -0.2) is 28.9 Å². The van der Waals surface area contributed by atoms with Crippen molar-refractivity contribution in [3.63, 3.8) is 0 Å². The molecule has 0 fully saturated rings. The number of hydrogen-bond acceptors (Lipinski definition) is 5. The number of nitrogens with one attached hydrogen (secondary N) is 1. The summed E-state index contributed by atoms with van der Waals surface area (Å²) in [5.41, 5.74) is 1.56. The molecule has 0 bridgehead atoms. The lowest BCUT2D eigenvalue weighted by atomic mass is 9.95. The van der Waals surface area contributed by atoms with Crippen molar-refractivity contribution in [1.29, 1.82) is 0 Å². The Balaban J connectivity index is 1.74. The van der Waals surface area contributed by atoms with Crippen LogP contribution in [0.25, 0.3) is 10.9 Å². The summed E-state index contributed by atoms with van der Waals surface area (Å²) in [6.07, 6.45) is 1.55. The van der Waals surface area contributed by atoms with Crippen LogP contribution < -0.4 is 20.2 Å². The molecule has 0 saturated carbocycles. The van der Waals surface area contributed by atoms with Crippen LogP contribution in [0.2, 0.25) is 0 Å². The van der Waals surface area contributed by atoms with E-state index in [0.717, 1.165) is 11.1 Å². The molecule has 1 amide bonds. The van der Waals surface area contributed by atoms with E-state index < -0.39 is 0 Å². The SMILES string of the molecule is CCOc1ccc(C(NC(=O)CCn2ncc(=O)c3ccccc32)C(C)C)cc1OCC. The summed E-state index contributed by atoms with van der Waals surface area (Å²) in [7, 11) is 0. The van der Waals surface area contributed by atoms with E-state index in [0.29, 0.717) is 36.6 Å². The molecule has 7 heteroatoms. The second-order valence-electron chi connectivity index (χ2n) is 7.86. The summed E-state index contributed by atoms with van der Waals surface area (Å²) < 4.78 is 13.1. The van der Waals surface area contributed by atoms with Crippen molar-refractivity contribution in [3.05, 3.63) is 64.4 Å². The summed E-state index contributed by atoms with van der Waals surface area (Å²) in [6, 6.07) is 12.9. The van der Waals surface area contributed by atoms with Crippen LogP contribution in [0.15, 0.2) is 53.5 Å². The lowest BCUT2D eigenvalue weighted by molar-refractivity contribution is -0.122. The van der Waals surface area contributed by atoms with E-state index in [-0.39, 0.29) is 29.7 Å². The third kappa shape index (κ3) is 5.46. The van der Waals surface area contributed by atoms with Gasteiger partial charge in [-0.1, -0.05) is 32.0 Å². The molecule has 1 atom stereocenters. The molecule has 170 valence electrons. The molecule has 7 nitrogen and oxygen atoms in total. The molecule has 0 aliphatic heterocycles. The number of rotatable bonds is 10. The van der Waals surface area contributed by atoms with Gasteiger partial charge in [-0.3, -0.25) is 14.3 Å². The minimum atomic E-state index is -0.170. The van der Waals surface area contributed by atoms with Crippen LogP contribution in [-0.2, 0) is 11.3 Å². The Hall–Kier alpha value is -3.35. The highest BCUT2D eigenvalue weighted by Gasteiger charge is 2.20. The van der Waals surface area contributed by atoms with Crippen LogP contribution in [0.5, 0.6) is 11.5 Å². The fourth-order valence-electron chi connectivity index (χ4n) is 3.69. The molecule has 0 saturated heterocycles. The maximum Gasteiger partial charge on any atom is 0.222 e. The van der Waals surface area contributed by atoms with Gasteiger partial charge in [-0.05, 0) is 49.6 Å². The number of fused-ring (bicyclic) bond motifs is 1. The topological polar surface area (TPSA) is 82.5 Å². The van der Waals surface area contributed by atoms with E-state index in [1.54, 1.807) is 10.7 Å². The number of aryl methyl sites for hydroxylation is 1. The van der Waals surface area contributed by atoms with Gasteiger partial charge < -0.3 is 14.8 Å². The molecule has 0 aliphatic rings. The third-order valence-corrected chi connectivity index (χ3v) is 5.22. The lowest BCUT2D eigenvalue weighted by Crippen LogP contribution is -2.32. The second-order valence-corrected chi connectivity index (χ2v) is 7.86. The Labute approximate surface area is 188 Å². The number of hydrogen-bond donors (Lipinski definition) is 1. The van der Waals surface area contributed by atoms with Crippen molar-refractivity contribution < 1.29 is 14.3 Å². The van der Waals surface area contributed by atoms with Crippen molar-refractivity contribution in [3.8, 4) is 11.5 Å². The molecule has 1 N–H and O–H groups in total. The monoisotopic (exact) mass is 437 g/mol. The smallest absolute Gasteiger partial charge is 0.222 e. The highest BCUT2D eigenvalue weighted by Crippen LogP contribution is 2.33. The average Bonchev–Trinajstić information content (AvgIpc) is 2.78. The van der Waals surface area contributed by atoms with Gasteiger partial charge in [0, 0.05) is 11.8 Å². The largest absolute Gasteiger partial charge is 0.490 e. The molecule has 1 aromatic heterocycles. The summed E-state index contributed by atoms with van der Waals surface area (Å²) >= 11 is 0. The molecule has 3 rings (SSSR count). The van der Waals surface area contributed by atoms with Gasteiger partial charge in [0.25, 0.3) is 0 Å². The molecular weight excluding hydrogens is 406 g/mol. The minimum absolute atomic E-state index is 0.0832. The summed E-state index contributed by atoms with van der Waals surface area (Å²) in [6.45, 7) is 9.46. The number of aromatic nitrogens is 2. The molecule has 2 aromatic carbocycles. The lowest BCUT2D eigenvalue weighted by Gasteiger charge is -2.24. The Kier molecular flexibility index (Phi) is 7.87. The summed E-state index contributed by atoms with van der Waals surface area (Å²) in [5, 5.41) is 7.95. The van der Waals surface area contributed by atoms with E-state index in [2.05, 4.69) is 24.3 Å². The number of amides is 1. The Bertz CT molecular complexity index is 1120. The van der Waals surface area contributed by atoms with Crippen LogP contribution >= 0.6 is 0 Å². The third-order valence-electron chi connectivity index (χ3n) is 5.22. The van der Waals surface area contributed by atoms with Gasteiger partial charge in [0.2, 0.25) is 11.3 Å². The van der Waals surface area contributed by atoms with Gasteiger partial charge in [-0.15, -0.1) is 0 Å². The first-order chi connectivity index (χ1) is 15.4. The molecule has 0 spiro atoms. The van der Waals surface area contributed by atoms with Crippen LogP contribution in [0, 0.1) is 5.92 Å². The maximum atomic E-state index is 12.8. The van der Waals surface area contributed by atoms with E-state index in [1.807, 2.05) is 50.2 Å². The fourth-order valence-corrected chi connectivity index (χ4v) is 3.69. The zero-order chi connectivity index (χ0) is 23.1. The first-order valence-corrected chi connectivity index (χ1v) is 11.1. The van der Waals surface area contributed by atoms with Crippen molar-refractivity contribution in [2.24, 2.45) is 5.92 Å².